The second-order valence-corrected chi connectivity index (χ2v) is 2.75. The van der Waals surface area contributed by atoms with Crippen LogP contribution in [-0.4, -0.2) is 21.6 Å². The molecule has 1 heterocycles. The number of alkyl halides is 1. The third-order valence-corrected chi connectivity index (χ3v) is 1.89. The molecule has 0 fully saturated rings. The number of halogens is 3. The zero-order valence-electron chi connectivity index (χ0n) is 5.20. The maximum absolute atomic E-state index is 10.8. The van der Waals surface area contributed by atoms with E-state index in [-0.39, 0.29) is 27.8 Å². The van der Waals surface area contributed by atoms with Gasteiger partial charge in [0, 0.05) is 0 Å². The fourth-order valence-electron chi connectivity index (χ4n) is 0.526. The van der Waals surface area contributed by atoms with Crippen LogP contribution >= 0.6 is 34.8 Å². The average molecular weight is 213 g/mol. The lowest BCUT2D eigenvalue weighted by Gasteiger charge is -1.85. The molecule has 60 valence electrons. The van der Waals surface area contributed by atoms with Gasteiger partial charge in [0.05, 0.1) is 5.88 Å². The molecule has 1 N–H and O–H groups in total. The number of aromatic amines is 1. The first-order valence-electron chi connectivity index (χ1n) is 2.65. The van der Waals surface area contributed by atoms with Crippen molar-refractivity contribution in [1.29, 1.82) is 0 Å². The Morgan fingerprint density at radius 1 is 1.55 bits per heavy atom. The summed E-state index contributed by atoms with van der Waals surface area (Å²) in [5.74, 6) is -0.379. The Labute approximate surface area is 77.7 Å². The summed E-state index contributed by atoms with van der Waals surface area (Å²) in [5.41, 5.74) is 0. The molecule has 0 aliphatic heterocycles. The molecule has 1 aromatic rings. The molecule has 0 bridgehead atoms. The summed E-state index contributed by atoms with van der Waals surface area (Å²) in [6, 6.07) is 0. The maximum atomic E-state index is 10.8. The lowest BCUT2D eigenvalue weighted by Crippen LogP contribution is -2.02. The summed E-state index contributed by atoms with van der Waals surface area (Å²) in [7, 11) is 0. The van der Waals surface area contributed by atoms with Crippen LogP contribution in [0.3, 0.4) is 0 Å². The Morgan fingerprint density at radius 3 is 2.55 bits per heavy atom. The van der Waals surface area contributed by atoms with Crippen molar-refractivity contribution in [2.45, 2.75) is 0 Å². The third-order valence-electron chi connectivity index (χ3n) is 1.00. The van der Waals surface area contributed by atoms with Crippen LogP contribution < -0.4 is 0 Å². The minimum atomic E-state index is -0.333. The molecule has 0 saturated carbocycles. The van der Waals surface area contributed by atoms with Crippen molar-refractivity contribution in [3.8, 4) is 0 Å². The highest BCUT2D eigenvalue weighted by Crippen LogP contribution is 2.17. The fourth-order valence-corrected chi connectivity index (χ4v) is 0.916. The second-order valence-electron chi connectivity index (χ2n) is 1.75. The molecule has 1 rings (SSSR count). The summed E-state index contributed by atoms with van der Waals surface area (Å²) >= 11 is 16.2. The van der Waals surface area contributed by atoms with Crippen LogP contribution in [0.1, 0.15) is 10.6 Å². The number of H-pyrrole nitrogens is 1. The predicted octanol–water partition coefficient (Wildman–Crippen LogP) is 2.14. The Hall–Kier alpha value is -0.250. The van der Waals surface area contributed by atoms with E-state index in [0.717, 1.165) is 0 Å². The number of nitrogens with zero attached hydrogens (tertiary/aromatic N) is 1. The number of Topliss-reactive ketones (excluding diaryl/α,β-unsaturated/α-hetero) is 1. The number of carbonyl (C=O) groups excluding carboxylic acids is 1. The zero-order chi connectivity index (χ0) is 8.43. The van der Waals surface area contributed by atoms with Gasteiger partial charge in [-0.25, -0.2) is 4.98 Å². The van der Waals surface area contributed by atoms with Crippen molar-refractivity contribution < 1.29 is 4.79 Å². The molecular formula is C5H3Cl3N2O. The van der Waals surface area contributed by atoms with Crippen molar-refractivity contribution in [1.82, 2.24) is 9.97 Å². The van der Waals surface area contributed by atoms with Crippen LogP contribution in [-0.2, 0) is 0 Å². The molecule has 11 heavy (non-hydrogen) atoms. The van der Waals surface area contributed by atoms with Gasteiger partial charge < -0.3 is 4.98 Å². The van der Waals surface area contributed by atoms with Crippen molar-refractivity contribution >= 4 is 40.6 Å². The molecule has 0 atom stereocenters. The summed E-state index contributed by atoms with van der Waals surface area (Å²) in [6.07, 6.45) is 0. The Balaban J connectivity index is 2.97. The number of hydrogen-bond donors (Lipinski definition) is 1. The van der Waals surface area contributed by atoms with Gasteiger partial charge in [-0.2, -0.15) is 0 Å². The van der Waals surface area contributed by atoms with E-state index in [4.69, 9.17) is 34.8 Å². The molecule has 0 unspecified atom stereocenters. The zero-order valence-corrected chi connectivity index (χ0v) is 7.46. The van der Waals surface area contributed by atoms with E-state index in [0.29, 0.717) is 0 Å². The van der Waals surface area contributed by atoms with E-state index in [9.17, 15) is 4.79 Å². The molecular weight excluding hydrogens is 210 g/mol. The normalized spacial score (nSPS) is 10.1. The average Bonchev–Trinajstić information content (AvgIpc) is 2.31. The third kappa shape index (κ3) is 1.86. The van der Waals surface area contributed by atoms with Gasteiger partial charge in [-0.05, 0) is 0 Å². The van der Waals surface area contributed by atoms with Crippen LogP contribution in [0.4, 0.5) is 0 Å². The van der Waals surface area contributed by atoms with Gasteiger partial charge in [0.1, 0.15) is 5.15 Å². The Kier molecular flexibility index (Phi) is 2.76. The minimum absolute atomic E-state index is 0.0835. The summed E-state index contributed by atoms with van der Waals surface area (Å²) < 4.78 is 0. The van der Waals surface area contributed by atoms with Gasteiger partial charge >= 0.3 is 0 Å². The number of nitrogens with one attached hydrogen (secondary N) is 1. The van der Waals surface area contributed by atoms with Crippen molar-refractivity contribution in [2.75, 3.05) is 5.88 Å². The van der Waals surface area contributed by atoms with E-state index in [1.807, 2.05) is 0 Å². The van der Waals surface area contributed by atoms with Crippen LogP contribution in [0.2, 0.25) is 10.3 Å². The molecule has 0 aromatic carbocycles. The molecule has 0 aliphatic carbocycles. The molecule has 0 aliphatic rings. The van der Waals surface area contributed by atoms with E-state index in [1.54, 1.807) is 0 Å². The minimum Gasteiger partial charge on any atom is -0.325 e. The Morgan fingerprint density at radius 2 is 2.18 bits per heavy atom. The molecule has 3 nitrogen and oxygen atoms in total. The SMILES string of the molecule is O=C(CCl)c1nc(Cl)c(Cl)[nH]1. The summed E-state index contributed by atoms with van der Waals surface area (Å²) in [5, 5.41) is 0.236. The molecule has 0 radical (unpaired) electrons. The summed E-state index contributed by atoms with van der Waals surface area (Å²) in [4.78, 5) is 16.9. The molecule has 0 saturated heterocycles. The van der Waals surface area contributed by atoms with E-state index >= 15 is 0 Å². The number of aromatic nitrogens is 2. The van der Waals surface area contributed by atoms with Crippen LogP contribution in [0.5, 0.6) is 0 Å². The van der Waals surface area contributed by atoms with Gasteiger partial charge in [-0.3, -0.25) is 4.79 Å². The fraction of sp³-hybridized carbons (Fsp3) is 0.200. The largest absolute Gasteiger partial charge is 0.325 e. The van der Waals surface area contributed by atoms with Gasteiger partial charge in [-0.15, -0.1) is 11.6 Å². The molecule has 0 amide bonds. The predicted molar refractivity (Wildman–Crippen MR) is 43.7 cm³/mol. The van der Waals surface area contributed by atoms with E-state index in [1.165, 1.54) is 0 Å². The second kappa shape index (κ2) is 3.43. The first-order valence-corrected chi connectivity index (χ1v) is 3.94. The van der Waals surface area contributed by atoms with Crippen LogP contribution in [0.15, 0.2) is 0 Å². The standard InChI is InChI=1S/C5H3Cl3N2O/c6-1-2(11)5-9-3(7)4(8)10-5/h1H2,(H,9,10). The first-order chi connectivity index (χ1) is 5.15. The number of rotatable bonds is 2. The first kappa shape index (κ1) is 8.84. The topological polar surface area (TPSA) is 45.8 Å². The smallest absolute Gasteiger partial charge is 0.212 e. The van der Waals surface area contributed by atoms with E-state index < -0.39 is 0 Å². The summed E-state index contributed by atoms with van der Waals surface area (Å²) in [6.45, 7) is 0. The van der Waals surface area contributed by atoms with E-state index in [2.05, 4.69) is 9.97 Å². The van der Waals surface area contributed by atoms with Crippen molar-refractivity contribution in [3.05, 3.63) is 16.1 Å². The quantitative estimate of drug-likeness (QED) is 0.604. The number of carbonyl (C=O) groups is 1. The van der Waals surface area contributed by atoms with Crippen molar-refractivity contribution in [2.24, 2.45) is 0 Å². The number of ketones is 1. The maximum Gasteiger partial charge on any atom is 0.212 e. The molecule has 6 heteroatoms. The van der Waals surface area contributed by atoms with Gasteiger partial charge in [-0.1, -0.05) is 23.2 Å². The van der Waals surface area contributed by atoms with Gasteiger partial charge in [0.15, 0.2) is 11.0 Å². The molecule has 0 spiro atoms. The highest BCUT2D eigenvalue weighted by Gasteiger charge is 2.11. The van der Waals surface area contributed by atoms with Crippen LogP contribution in [0, 0.1) is 0 Å². The van der Waals surface area contributed by atoms with Crippen molar-refractivity contribution in [3.63, 3.8) is 0 Å². The Bertz CT molecular complexity index is 264. The van der Waals surface area contributed by atoms with Gasteiger partial charge in [0.25, 0.3) is 0 Å². The lowest BCUT2D eigenvalue weighted by molar-refractivity contribution is 0.101. The highest BCUT2D eigenvalue weighted by molar-refractivity contribution is 6.41. The lowest BCUT2D eigenvalue weighted by atomic mass is 10.4. The number of hydrogen-bond acceptors (Lipinski definition) is 2. The van der Waals surface area contributed by atoms with Crippen LogP contribution in [0.25, 0.3) is 0 Å². The van der Waals surface area contributed by atoms with Gasteiger partial charge in [0.2, 0.25) is 5.78 Å². The monoisotopic (exact) mass is 212 g/mol. The highest BCUT2D eigenvalue weighted by atomic mass is 35.5. The molecule has 1 aromatic heterocycles. The number of imidazole rings is 1.